The van der Waals surface area contributed by atoms with Crippen LogP contribution in [0.3, 0.4) is 0 Å². The summed E-state index contributed by atoms with van der Waals surface area (Å²) in [6.07, 6.45) is 2.36. The Balaban J connectivity index is 1.44. The molecule has 3 rings (SSSR count). The van der Waals surface area contributed by atoms with Crippen molar-refractivity contribution in [2.75, 3.05) is 52.5 Å². The molecule has 0 aliphatic carbocycles. The number of sulfonamides is 1. The molecular weight excluding hydrogens is 374 g/mol. The van der Waals surface area contributed by atoms with Gasteiger partial charge in [0.15, 0.2) is 0 Å². The third-order valence-electron chi connectivity index (χ3n) is 4.90. The Morgan fingerprint density at radius 1 is 1.31 bits per heavy atom. The van der Waals surface area contributed by atoms with Gasteiger partial charge in [0.25, 0.3) is 10.0 Å². The van der Waals surface area contributed by atoms with E-state index < -0.39 is 10.0 Å². The van der Waals surface area contributed by atoms with Crippen molar-refractivity contribution in [1.82, 2.24) is 14.5 Å². The molecule has 146 valence electrons. The molecule has 2 fully saturated rings. The molecule has 0 spiro atoms. The summed E-state index contributed by atoms with van der Waals surface area (Å²) < 4.78 is 32.4. The molecule has 1 amide bonds. The molecular formula is C17H27N3O4S2. The number of hydrogen-bond acceptors (Lipinski definition) is 6. The molecule has 1 aromatic rings. The van der Waals surface area contributed by atoms with Gasteiger partial charge in [-0.25, -0.2) is 8.42 Å². The molecule has 3 heterocycles. The second-order valence-corrected chi connectivity index (χ2v) is 9.85. The van der Waals surface area contributed by atoms with Crippen LogP contribution in [0.1, 0.15) is 19.3 Å². The van der Waals surface area contributed by atoms with Crippen molar-refractivity contribution in [3.63, 3.8) is 0 Å². The first kappa shape index (κ1) is 19.8. The van der Waals surface area contributed by atoms with E-state index in [2.05, 4.69) is 10.2 Å². The van der Waals surface area contributed by atoms with Crippen molar-refractivity contribution in [2.24, 2.45) is 5.92 Å². The molecule has 1 atom stereocenters. The van der Waals surface area contributed by atoms with Gasteiger partial charge < -0.3 is 10.1 Å². The number of carbonyl (C=O) groups is 1. The fourth-order valence-corrected chi connectivity index (χ4v) is 6.06. The van der Waals surface area contributed by atoms with E-state index in [1.54, 1.807) is 17.5 Å². The maximum Gasteiger partial charge on any atom is 0.252 e. The van der Waals surface area contributed by atoms with Gasteiger partial charge in [0.1, 0.15) is 4.21 Å². The number of carbonyl (C=O) groups excluding carboxylic acids is 1. The summed E-state index contributed by atoms with van der Waals surface area (Å²) in [6.45, 7) is 5.80. The van der Waals surface area contributed by atoms with Gasteiger partial charge in [-0.15, -0.1) is 11.3 Å². The minimum absolute atomic E-state index is 0.0296. The van der Waals surface area contributed by atoms with E-state index in [0.29, 0.717) is 17.3 Å². The summed E-state index contributed by atoms with van der Waals surface area (Å²) in [4.78, 5) is 14.8. The van der Waals surface area contributed by atoms with Crippen molar-refractivity contribution in [3.8, 4) is 0 Å². The van der Waals surface area contributed by atoms with Crippen LogP contribution in [-0.4, -0.2) is 76.0 Å². The molecule has 1 unspecified atom stereocenters. The Bertz CT molecular complexity index is 672. The van der Waals surface area contributed by atoms with Crippen LogP contribution in [-0.2, 0) is 19.6 Å². The highest BCUT2D eigenvalue weighted by Crippen LogP contribution is 2.26. The third kappa shape index (κ3) is 5.04. The smallest absolute Gasteiger partial charge is 0.252 e. The summed E-state index contributed by atoms with van der Waals surface area (Å²) >= 11 is 1.22. The minimum atomic E-state index is -3.47. The lowest BCUT2D eigenvalue weighted by Crippen LogP contribution is -2.45. The lowest BCUT2D eigenvalue weighted by molar-refractivity contribution is -0.126. The minimum Gasteiger partial charge on any atom is -0.379 e. The Kier molecular flexibility index (Phi) is 7.05. The first-order chi connectivity index (χ1) is 12.6. The van der Waals surface area contributed by atoms with Crippen LogP contribution in [0.2, 0.25) is 0 Å². The van der Waals surface area contributed by atoms with E-state index >= 15 is 0 Å². The van der Waals surface area contributed by atoms with Gasteiger partial charge in [-0.1, -0.05) is 6.07 Å². The molecule has 2 aliphatic rings. The number of ether oxygens (including phenoxy) is 1. The highest BCUT2D eigenvalue weighted by molar-refractivity contribution is 7.91. The van der Waals surface area contributed by atoms with Gasteiger partial charge in [-0.3, -0.25) is 9.69 Å². The van der Waals surface area contributed by atoms with Crippen LogP contribution in [0.15, 0.2) is 21.7 Å². The second-order valence-electron chi connectivity index (χ2n) is 6.73. The highest BCUT2D eigenvalue weighted by atomic mass is 32.2. The number of rotatable bonds is 7. The van der Waals surface area contributed by atoms with Gasteiger partial charge in [0.2, 0.25) is 5.91 Å². The lowest BCUT2D eigenvalue weighted by Gasteiger charge is -2.31. The van der Waals surface area contributed by atoms with Crippen molar-refractivity contribution in [3.05, 3.63) is 17.5 Å². The topological polar surface area (TPSA) is 79.0 Å². The molecule has 7 nitrogen and oxygen atoms in total. The Labute approximate surface area is 159 Å². The highest BCUT2D eigenvalue weighted by Gasteiger charge is 2.33. The molecule has 26 heavy (non-hydrogen) atoms. The van der Waals surface area contributed by atoms with E-state index in [1.807, 2.05) is 0 Å². The summed E-state index contributed by atoms with van der Waals surface area (Å²) in [6, 6.07) is 3.36. The van der Waals surface area contributed by atoms with Crippen LogP contribution < -0.4 is 5.32 Å². The van der Waals surface area contributed by atoms with Gasteiger partial charge in [-0.2, -0.15) is 4.31 Å². The number of thiophene rings is 1. The number of nitrogens with one attached hydrogen (secondary N) is 1. The molecule has 0 bridgehead atoms. The van der Waals surface area contributed by atoms with Crippen LogP contribution in [0.5, 0.6) is 0 Å². The summed E-state index contributed by atoms with van der Waals surface area (Å²) in [5, 5.41) is 4.74. The zero-order valence-corrected chi connectivity index (χ0v) is 16.6. The number of morpholine rings is 1. The Morgan fingerprint density at radius 2 is 2.12 bits per heavy atom. The fourth-order valence-electron chi connectivity index (χ4n) is 3.40. The van der Waals surface area contributed by atoms with Gasteiger partial charge in [0.05, 0.1) is 19.1 Å². The average Bonchev–Trinajstić information content (AvgIpc) is 3.22. The number of piperidine rings is 1. The molecule has 0 aromatic carbocycles. The Hall–Kier alpha value is -1.00. The standard InChI is InChI=1S/C17H27N3O4S2/c21-17(18-6-3-7-19-9-11-24-12-10-19)15-4-1-8-20(14-15)26(22,23)16-5-2-13-25-16/h2,5,13,15H,1,3-4,6-12,14H2,(H,18,21). The Morgan fingerprint density at radius 3 is 2.85 bits per heavy atom. The van der Waals surface area contributed by atoms with Crippen molar-refractivity contribution in [1.29, 1.82) is 0 Å². The van der Waals surface area contributed by atoms with Crippen LogP contribution in [0.4, 0.5) is 0 Å². The van der Waals surface area contributed by atoms with E-state index in [0.717, 1.165) is 52.1 Å². The fraction of sp³-hybridized carbons (Fsp3) is 0.706. The monoisotopic (exact) mass is 401 g/mol. The first-order valence-electron chi connectivity index (χ1n) is 9.19. The summed E-state index contributed by atoms with van der Waals surface area (Å²) in [5.74, 6) is -0.292. The van der Waals surface area contributed by atoms with Gasteiger partial charge >= 0.3 is 0 Å². The van der Waals surface area contributed by atoms with E-state index in [4.69, 9.17) is 4.74 Å². The molecule has 0 radical (unpaired) electrons. The van der Waals surface area contributed by atoms with E-state index in [9.17, 15) is 13.2 Å². The first-order valence-corrected chi connectivity index (χ1v) is 11.5. The molecule has 1 N–H and O–H groups in total. The number of amides is 1. The number of hydrogen-bond donors (Lipinski definition) is 1. The van der Waals surface area contributed by atoms with Crippen molar-refractivity contribution < 1.29 is 17.9 Å². The molecule has 2 saturated heterocycles. The third-order valence-corrected chi connectivity index (χ3v) is 8.14. The van der Waals surface area contributed by atoms with Crippen molar-refractivity contribution >= 4 is 27.3 Å². The molecule has 9 heteroatoms. The predicted octanol–water partition coefficient (Wildman–Crippen LogP) is 0.987. The van der Waals surface area contributed by atoms with E-state index in [-0.39, 0.29) is 18.4 Å². The second kappa shape index (κ2) is 9.27. The van der Waals surface area contributed by atoms with Crippen molar-refractivity contribution in [2.45, 2.75) is 23.5 Å². The molecule has 1 aromatic heterocycles. The number of nitrogens with zero attached hydrogens (tertiary/aromatic N) is 2. The summed E-state index contributed by atoms with van der Waals surface area (Å²) in [5.41, 5.74) is 0. The van der Waals surface area contributed by atoms with Crippen LogP contribution >= 0.6 is 11.3 Å². The zero-order valence-electron chi connectivity index (χ0n) is 14.9. The van der Waals surface area contributed by atoms with E-state index in [1.165, 1.54) is 15.6 Å². The summed E-state index contributed by atoms with van der Waals surface area (Å²) in [7, 11) is -3.47. The quantitative estimate of drug-likeness (QED) is 0.690. The maximum absolute atomic E-state index is 12.6. The molecule has 2 aliphatic heterocycles. The average molecular weight is 402 g/mol. The zero-order chi connectivity index (χ0) is 18.4. The largest absolute Gasteiger partial charge is 0.379 e. The lowest BCUT2D eigenvalue weighted by atomic mass is 9.99. The predicted molar refractivity (Wildman–Crippen MR) is 101 cm³/mol. The maximum atomic E-state index is 12.6. The van der Waals surface area contributed by atoms with Gasteiger partial charge in [0, 0.05) is 32.7 Å². The van der Waals surface area contributed by atoms with Crippen LogP contribution in [0.25, 0.3) is 0 Å². The van der Waals surface area contributed by atoms with Gasteiger partial charge in [-0.05, 0) is 37.3 Å². The van der Waals surface area contributed by atoms with Crippen LogP contribution in [0, 0.1) is 5.92 Å². The molecule has 0 saturated carbocycles. The SMILES string of the molecule is O=C(NCCCN1CCOCC1)C1CCCN(S(=O)(=O)c2cccs2)C1. The normalized spacial score (nSPS) is 23.0.